The predicted octanol–water partition coefficient (Wildman–Crippen LogP) is 5.99. The lowest BCUT2D eigenvalue weighted by Gasteiger charge is -2.10. The number of nitrogens with zero attached hydrogens (tertiary/aromatic N) is 2. The van der Waals surface area contributed by atoms with Crippen molar-refractivity contribution in [3.63, 3.8) is 0 Å². The van der Waals surface area contributed by atoms with Gasteiger partial charge in [-0.3, -0.25) is 9.59 Å². The fourth-order valence-corrected chi connectivity index (χ4v) is 5.13. The first-order chi connectivity index (χ1) is 24.2. The second kappa shape index (κ2) is 20.7. The Morgan fingerprint density at radius 3 is 1.38 bits per heavy atom. The lowest BCUT2D eigenvalue weighted by molar-refractivity contribution is -0.115. The van der Waals surface area contributed by atoms with Crippen LogP contribution in [0.4, 0.5) is 0 Å². The lowest BCUT2D eigenvalue weighted by Crippen LogP contribution is -2.33. The third-order valence-corrected chi connectivity index (χ3v) is 7.80. The SMILES string of the molecule is CCc1ccc(C(=NOC)C(=O)NCCc2ccc(OC)c(C)c2)cc1.CON=C(C(=O)NCCc1ccc(OC)c(C)c1)c1ccccc1. The van der Waals surface area contributed by atoms with Crippen molar-refractivity contribution in [2.75, 3.05) is 41.5 Å². The van der Waals surface area contributed by atoms with Gasteiger partial charge in [0.15, 0.2) is 11.4 Å². The van der Waals surface area contributed by atoms with Crippen LogP contribution in [-0.4, -0.2) is 64.8 Å². The maximum Gasteiger partial charge on any atom is 0.273 e. The highest BCUT2D eigenvalue weighted by molar-refractivity contribution is 6.45. The minimum atomic E-state index is -0.256. The first-order valence-electron chi connectivity index (χ1n) is 16.4. The fraction of sp³-hybridized carbons (Fsp3) is 0.300. The first kappa shape index (κ1) is 38.8. The molecule has 0 fully saturated rings. The van der Waals surface area contributed by atoms with Gasteiger partial charge in [-0.15, -0.1) is 0 Å². The molecule has 4 aromatic carbocycles. The quantitative estimate of drug-likeness (QED) is 0.118. The summed E-state index contributed by atoms with van der Waals surface area (Å²) in [6, 6.07) is 29.0. The highest BCUT2D eigenvalue weighted by Crippen LogP contribution is 2.19. The molecule has 2 N–H and O–H groups in total. The van der Waals surface area contributed by atoms with Crippen LogP contribution in [0.25, 0.3) is 0 Å². The van der Waals surface area contributed by atoms with Crippen molar-refractivity contribution in [3.05, 3.63) is 130 Å². The van der Waals surface area contributed by atoms with E-state index in [2.05, 4.69) is 40.0 Å². The fourth-order valence-electron chi connectivity index (χ4n) is 5.13. The van der Waals surface area contributed by atoms with Crippen molar-refractivity contribution in [1.82, 2.24) is 10.6 Å². The van der Waals surface area contributed by atoms with Crippen LogP contribution >= 0.6 is 0 Å². The van der Waals surface area contributed by atoms with Crippen LogP contribution in [0.15, 0.2) is 101 Å². The number of aryl methyl sites for hydroxylation is 3. The van der Waals surface area contributed by atoms with Gasteiger partial charge in [0, 0.05) is 24.2 Å². The summed E-state index contributed by atoms with van der Waals surface area (Å²) in [5, 5.41) is 13.5. The van der Waals surface area contributed by atoms with Gasteiger partial charge >= 0.3 is 0 Å². The monoisotopic (exact) mass is 680 g/mol. The van der Waals surface area contributed by atoms with Gasteiger partial charge in [0.1, 0.15) is 25.7 Å². The van der Waals surface area contributed by atoms with Crippen molar-refractivity contribution >= 4 is 23.2 Å². The summed E-state index contributed by atoms with van der Waals surface area (Å²) in [4.78, 5) is 34.5. The molecule has 0 aliphatic carbocycles. The molecule has 50 heavy (non-hydrogen) atoms. The van der Waals surface area contributed by atoms with Crippen LogP contribution in [-0.2, 0) is 38.5 Å². The molecule has 0 unspecified atom stereocenters. The molecule has 0 spiro atoms. The standard InChI is InChI=1S/C21H26N2O3.C19H22N2O3/c1-5-16-6-9-18(10-7-16)20(23-26-4)21(24)22-13-12-17-8-11-19(25-3)15(2)14-17;1-14-13-15(9-10-17(14)23-2)11-12-20-19(22)18(21-24-3)16-7-5-4-6-8-16/h6-11,14H,5,12-13H2,1-4H3,(H,22,24);4-10,13H,11-12H2,1-3H3,(H,20,22). The Morgan fingerprint density at radius 1 is 0.580 bits per heavy atom. The maximum atomic E-state index is 12.5. The topological polar surface area (TPSA) is 120 Å². The van der Waals surface area contributed by atoms with Gasteiger partial charge < -0.3 is 29.8 Å². The molecule has 10 heteroatoms. The number of carbonyl (C=O) groups excluding carboxylic acids is 2. The first-order valence-corrected chi connectivity index (χ1v) is 16.4. The molecule has 0 saturated carbocycles. The van der Waals surface area contributed by atoms with E-state index < -0.39 is 0 Å². The van der Waals surface area contributed by atoms with Gasteiger partial charge in [0.2, 0.25) is 0 Å². The van der Waals surface area contributed by atoms with Crippen molar-refractivity contribution in [2.24, 2.45) is 10.3 Å². The van der Waals surface area contributed by atoms with Crippen LogP contribution in [0.3, 0.4) is 0 Å². The Balaban J connectivity index is 0.000000271. The molecule has 0 aliphatic rings. The Kier molecular flexibility index (Phi) is 16.0. The van der Waals surface area contributed by atoms with Gasteiger partial charge in [0.05, 0.1) is 14.2 Å². The molecule has 4 rings (SSSR count). The molecule has 0 heterocycles. The van der Waals surface area contributed by atoms with E-state index in [4.69, 9.17) is 19.1 Å². The van der Waals surface area contributed by atoms with Crippen molar-refractivity contribution < 1.29 is 28.7 Å². The van der Waals surface area contributed by atoms with Crippen LogP contribution in [0.2, 0.25) is 0 Å². The number of oxime groups is 2. The molecule has 264 valence electrons. The number of hydrogen-bond acceptors (Lipinski definition) is 8. The van der Waals surface area contributed by atoms with E-state index in [1.165, 1.54) is 19.8 Å². The maximum absolute atomic E-state index is 12.5. The highest BCUT2D eigenvalue weighted by Gasteiger charge is 2.16. The molecule has 0 bridgehead atoms. The molecular weight excluding hydrogens is 632 g/mol. The number of benzene rings is 4. The molecule has 2 amide bonds. The highest BCUT2D eigenvalue weighted by atomic mass is 16.6. The van der Waals surface area contributed by atoms with Gasteiger partial charge in [-0.05, 0) is 73.1 Å². The van der Waals surface area contributed by atoms with Crippen molar-refractivity contribution in [1.29, 1.82) is 0 Å². The van der Waals surface area contributed by atoms with E-state index >= 15 is 0 Å². The average Bonchev–Trinajstić information content (AvgIpc) is 3.13. The molecule has 0 radical (unpaired) electrons. The van der Waals surface area contributed by atoms with Crippen LogP contribution < -0.4 is 20.1 Å². The van der Waals surface area contributed by atoms with Gasteiger partial charge in [-0.1, -0.05) is 96.1 Å². The summed E-state index contributed by atoms with van der Waals surface area (Å²) in [7, 11) is 6.18. The second-order valence-electron chi connectivity index (χ2n) is 11.3. The second-order valence-corrected chi connectivity index (χ2v) is 11.3. The summed E-state index contributed by atoms with van der Waals surface area (Å²) < 4.78 is 10.5. The van der Waals surface area contributed by atoms with E-state index in [1.807, 2.05) is 92.7 Å². The number of ether oxygens (including phenoxy) is 2. The largest absolute Gasteiger partial charge is 0.496 e. The molecule has 10 nitrogen and oxygen atoms in total. The van der Waals surface area contributed by atoms with Crippen molar-refractivity contribution in [2.45, 2.75) is 40.0 Å². The molecule has 0 saturated heterocycles. The summed E-state index contributed by atoms with van der Waals surface area (Å²) in [6.07, 6.45) is 2.40. The third-order valence-electron chi connectivity index (χ3n) is 7.80. The number of methoxy groups -OCH3 is 2. The Labute approximate surface area is 295 Å². The zero-order chi connectivity index (χ0) is 36.3. The van der Waals surface area contributed by atoms with E-state index in [-0.39, 0.29) is 23.2 Å². The summed E-state index contributed by atoms with van der Waals surface area (Å²) >= 11 is 0. The predicted molar refractivity (Wildman–Crippen MR) is 198 cm³/mol. The summed E-state index contributed by atoms with van der Waals surface area (Å²) in [5.74, 6) is 1.22. The lowest BCUT2D eigenvalue weighted by atomic mass is 10.1. The average molecular weight is 681 g/mol. The number of amides is 2. The zero-order valence-electron chi connectivity index (χ0n) is 30.0. The van der Waals surface area contributed by atoms with Crippen LogP contribution in [0.5, 0.6) is 11.5 Å². The normalized spacial score (nSPS) is 11.1. The van der Waals surface area contributed by atoms with Gasteiger partial charge in [-0.2, -0.15) is 0 Å². The zero-order valence-corrected chi connectivity index (χ0v) is 30.0. The van der Waals surface area contributed by atoms with Crippen molar-refractivity contribution in [3.8, 4) is 11.5 Å². The molecule has 4 aromatic rings. The van der Waals surface area contributed by atoms with Gasteiger partial charge in [0.25, 0.3) is 11.8 Å². The number of carbonyl (C=O) groups is 2. The summed E-state index contributed by atoms with van der Waals surface area (Å²) in [6.45, 7) is 7.12. The minimum absolute atomic E-state index is 0.249. The van der Waals surface area contributed by atoms with Crippen LogP contribution in [0, 0.1) is 13.8 Å². The van der Waals surface area contributed by atoms with E-state index in [1.54, 1.807) is 14.2 Å². The van der Waals surface area contributed by atoms with E-state index in [9.17, 15) is 9.59 Å². The number of nitrogens with one attached hydrogen (secondary N) is 2. The summed E-state index contributed by atoms with van der Waals surface area (Å²) in [5.41, 5.74) is 7.64. The van der Waals surface area contributed by atoms with E-state index in [0.29, 0.717) is 13.1 Å². The molecule has 0 atom stereocenters. The Bertz CT molecular complexity index is 1740. The van der Waals surface area contributed by atoms with E-state index in [0.717, 1.165) is 64.1 Å². The minimum Gasteiger partial charge on any atom is -0.496 e. The smallest absolute Gasteiger partial charge is 0.273 e. The molecule has 0 aliphatic heterocycles. The van der Waals surface area contributed by atoms with Crippen LogP contribution in [0.1, 0.15) is 45.9 Å². The Morgan fingerprint density at radius 2 is 1.00 bits per heavy atom. The Hall–Kier alpha value is -5.64. The van der Waals surface area contributed by atoms with Gasteiger partial charge in [-0.25, -0.2) is 0 Å². The third kappa shape index (κ3) is 11.8. The molecular formula is C40H48N4O6. The number of hydrogen-bond donors (Lipinski definition) is 2. The molecule has 0 aromatic heterocycles. The number of rotatable bonds is 15.